The summed E-state index contributed by atoms with van der Waals surface area (Å²) in [6.07, 6.45) is 4.50. The number of likely N-dealkylation sites (tertiary alicyclic amines) is 1. The Morgan fingerprint density at radius 2 is 1.36 bits per heavy atom. The fourth-order valence-electron chi connectivity index (χ4n) is 9.87. The van der Waals surface area contributed by atoms with E-state index in [1.54, 1.807) is 53.7 Å². The molecule has 1 aromatic carbocycles. The lowest BCUT2D eigenvalue weighted by Gasteiger charge is -2.46. The Labute approximate surface area is 383 Å². The van der Waals surface area contributed by atoms with Crippen LogP contribution in [-0.4, -0.2) is 91.2 Å². The summed E-state index contributed by atoms with van der Waals surface area (Å²) in [4.78, 5) is 70.4. The van der Waals surface area contributed by atoms with Crippen LogP contribution < -0.4 is 10.6 Å². The lowest BCUT2D eigenvalue weighted by molar-refractivity contribution is -0.129. The predicted molar refractivity (Wildman–Crippen MR) is 245 cm³/mol. The molecular weight excluding hydrogens is 839 g/mol. The van der Waals surface area contributed by atoms with Gasteiger partial charge in [0.05, 0.1) is 11.5 Å². The quantitative estimate of drug-likeness (QED) is 0.0970. The van der Waals surface area contributed by atoms with Crippen molar-refractivity contribution in [2.75, 3.05) is 13.2 Å². The Morgan fingerprint density at radius 3 is 1.98 bits per heavy atom. The van der Waals surface area contributed by atoms with Crippen LogP contribution in [0.3, 0.4) is 0 Å². The Morgan fingerprint density at radius 1 is 0.750 bits per heavy atom. The number of rotatable bonds is 15. The molecule has 0 aromatic heterocycles. The minimum Gasteiger partial charge on any atom is -0.444 e. The van der Waals surface area contributed by atoms with Crippen LogP contribution in [-0.2, 0) is 38.1 Å². The normalized spacial score (nSPS) is 26.3. The molecule has 14 nitrogen and oxygen atoms in total. The molecule has 2 N–H and O–H groups in total. The Balaban J connectivity index is 1.58. The van der Waals surface area contributed by atoms with Crippen LogP contribution >= 0.6 is 0 Å². The molecule has 2 saturated carbocycles. The van der Waals surface area contributed by atoms with Gasteiger partial charge >= 0.3 is 18.3 Å². The van der Waals surface area contributed by atoms with Gasteiger partial charge < -0.3 is 29.7 Å². The number of alkyl carbamates (subject to hydrolysis) is 2. The third-order valence-corrected chi connectivity index (χ3v) is 13.8. The van der Waals surface area contributed by atoms with E-state index in [1.807, 2.05) is 32.6 Å². The van der Waals surface area contributed by atoms with Crippen molar-refractivity contribution in [1.29, 1.82) is 0 Å². The molecule has 2 aliphatic carbocycles. The number of ether oxygens (including phenoxy) is 3. The Hall–Kier alpha value is -3.72. The number of benzene rings is 1. The van der Waals surface area contributed by atoms with Crippen LogP contribution in [0.25, 0.3) is 0 Å². The first-order valence-corrected chi connectivity index (χ1v) is 25.0. The first-order valence-electron chi connectivity index (χ1n) is 23.6. The second kappa shape index (κ2) is 22.2. The predicted octanol–water partition coefficient (Wildman–Crippen LogP) is 9.69. The summed E-state index contributed by atoms with van der Waals surface area (Å²) in [6.45, 7) is 22.4. The van der Waals surface area contributed by atoms with E-state index in [2.05, 4.69) is 24.5 Å². The van der Waals surface area contributed by atoms with E-state index in [-0.39, 0.29) is 77.7 Å². The number of aryl methyl sites for hydroxylation is 1. The van der Waals surface area contributed by atoms with E-state index < -0.39 is 57.2 Å². The molecule has 1 saturated heterocycles. The molecule has 1 heterocycles. The van der Waals surface area contributed by atoms with Gasteiger partial charge in [-0.2, -0.15) is 8.42 Å². The third-order valence-electron chi connectivity index (χ3n) is 12.5. The zero-order chi connectivity index (χ0) is 47.8. The summed E-state index contributed by atoms with van der Waals surface area (Å²) in [7, 11) is -3.92. The van der Waals surface area contributed by atoms with Gasteiger partial charge in [-0.25, -0.2) is 14.4 Å². The fourth-order valence-corrected chi connectivity index (χ4v) is 10.8. The highest BCUT2D eigenvalue weighted by Gasteiger charge is 2.45. The first kappa shape index (κ1) is 52.9. The maximum atomic E-state index is 14.3. The van der Waals surface area contributed by atoms with Gasteiger partial charge in [0.15, 0.2) is 0 Å². The third kappa shape index (κ3) is 16.9. The number of piperidine rings is 1. The van der Waals surface area contributed by atoms with E-state index in [4.69, 9.17) is 18.4 Å². The summed E-state index contributed by atoms with van der Waals surface area (Å²) in [5.41, 5.74) is -1.33. The van der Waals surface area contributed by atoms with E-state index >= 15 is 0 Å². The number of amides is 3. The highest BCUT2D eigenvalue weighted by molar-refractivity contribution is 7.86. The van der Waals surface area contributed by atoms with Gasteiger partial charge in [0.2, 0.25) is 0 Å². The Bertz CT molecular complexity index is 1860. The number of unbranched alkanes of at least 4 members (excludes halogenated alkanes) is 1. The van der Waals surface area contributed by atoms with Gasteiger partial charge in [-0.05, 0) is 169 Å². The monoisotopic (exact) mass is 918 g/mol. The molecule has 15 heteroatoms. The summed E-state index contributed by atoms with van der Waals surface area (Å²) in [6, 6.07) is 5.42. The number of nitrogens with one attached hydrogen (secondary N) is 2. The molecule has 1 aromatic rings. The van der Waals surface area contributed by atoms with Crippen LogP contribution in [0.5, 0.6) is 0 Å². The molecule has 9 atom stereocenters. The van der Waals surface area contributed by atoms with Gasteiger partial charge in [0, 0.05) is 49.3 Å². The molecule has 1 aliphatic heterocycles. The molecular formula is C49H79N3O11S. The standard InChI is InChI=1S/C49H79N3O11S/c1-31-16-19-39(20-17-31)64(58,59)60-22-14-13-15-37-24-33(3)25-38(52(37)46(57)63-49(10,11)12)29-36(51-45(56)62-48(7,8)9)18-21-40-35(30-50-44(55)61-47(4,5)6)27-41-34(28-43(40)54)23-32(2)26-42(41)53/h16-17,19-20,32-38,40-41H,13-15,18,21-30H2,1-12H3,(H,50,55)(H,51,56)/t32-,33+,34+,35-,36+,37-,38+,40-,41-/m1/s1. The second-order valence-electron chi connectivity index (χ2n) is 22.0. The van der Waals surface area contributed by atoms with E-state index in [1.165, 1.54) is 12.1 Å². The maximum absolute atomic E-state index is 14.3. The molecule has 4 rings (SSSR count). The molecule has 0 unspecified atom stereocenters. The molecule has 0 bridgehead atoms. The second-order valence-corrected chi connectivity index (χ2v) is 23.7. The van der Waals surface area contributed by atoms with Crippen molar-refractivity contribution in [2.45, 2.75) is 200 Å². The lowest BCUT2D eigenvalue weighted by atomic mass is 9.70. The number of carbonyl (C=O) groups excluding carboxylic acids is 5. The van der Waals surface area contributed by atoms with Crippen molar-refractivity contribution < 1.29 is 50.8 Å². The number of ketones is 2. The van der Waals surface area contributed by atoms with Crippen LogP contribution in [0.1, 0.15) is 159 Å². The van der Waals surface area contributed by atoms with Gasteiger partial charge in [0.1, 0.15) is 28.4 Å². The summed E-state index contributed by atoms with van der Waals surface area (Å²) < 4.78 is 48.4. The molecule has 362 valence electrons. The average molecular weight is 918 g/mol. The van der Waals surface area contributed by atoms with Gasteiger partial charge in [-0.1, -0.05) is 31.5 Å². The Kier molecular flexibility index (Phi) is 18.3. The van der Waals surface area contributed by atoms with Gasteiger partial charge in [0.25, 0.3) is 10.1 Å². The zero-order valence-corrected chi connectivity index (χ0v) is 41.6. The molecule has 3 amide bonds. The van der Waals surface area contributed by atoms with Crippen LogP contribution in [0.15, 0.2) is 29.2 Å². The summed E-state index contributed by atoms with van der Waals surface area (Å²) in [5.74, 6) is -0.512. The SMILES string of the molecule is Cc1ccc(S(=O)(=O)OCCCC[C@@H]2C[C@H](C)C[C@@H](C[C@H](CC[C@H]3C(=O)C[C@@H]4C[C@@H](C)CC(=O)[C@@H]4C[C@@H]3CNC(=O)OC(C)(C)C)NC(=O)OC(C)(C)C)N2C(=O)OC(C)(C)C)cc1. The summed E-state index contributed by atoms with van der Waals surface area (Å²) >= 11 is 0. The molecule has 3 fully saturated rings. The maximum Gasteiger partial charge on any atom is 0.410 e. The van der Waals surface area contributed by atoms with E-state index in [0.29, 0.717) is 64.2 Å². The highest BCUT2D eigenvalue weighted by atomic mass is 32.2. The van der Waals surface area contributed by atoms with Gasteiger partial charge in [-0.3, -0.25) is 13.8 Å². The van der Waals surface area contributed by atoms with Gasteiger partial charge in [-0.15, -0.1) is 0 Å². The lowest BCUT2D eigenvalue weighted by Crippen LogP contribution is -2.55. The number of Topliss-reactive ketones (excluding diaryl/α,β-unsaturated/α-hetero) is 2. The smallest absolute Gasteiger partial charge is 0.410 e. The fraction of sp³-hybridized carbons (Fsp3) is 0.776. The number of hydrogen-bond acceptors (Lipinski definition) is 11. The number of nitrogens with zero attached hydrogens (tertiary/aromatic N) is 1. The number of carbonyl (C=O) groups is 5. The van der Waals surface area contributed by atoms with Crippen molar-refractivity contribution in [2.24, 2.45) is 35.5 Å². The first-order chi connectivity index (χ1) is 29.6. The molecule has 3 aliphatic rings. The summed E-state index contributed by atoms with van der Waals surface area (Å²) in [5, 5.41) is 6.00. The minimum atomic E-state index is -3.92. The topological polar surface area (TPSA) is 184 Å². The van der Waals surface area contributed by atoms with E-state index in [0.717, 1.165) is 12.0 Å². The molecule has 64 heavy (non-hydrogen) atoms. The highest BCUT2D eigenvalue weighted by Crippen LogP contribution is 2.44. The average Bonchev–Trinajstić information content (AvgIpc) is 3.25. The number of fused-ring (bicyclic) bond motifs is 1. The van der Waals surface area contributed by atoms with Crippen molar-refractivity contribution in [1.82, 2.24) is 15.5 Å². The van der Waals surface area contributed by atoms with Crippen LogP contribution in [0.2, 0.25) is 0 Å². The van der Waals surface area contributed by atoms with Crippen LogP contribution in [0.4, 0.5) is 14.4 Å². The van der Waals surface area contributed by atoms with Crippen LogP contribution in [0, 0.1) is 42.4 Å². The van der Waals surface area contributed by atoms with Crippen molar-refractivity contribution in [3.8, 4) is 0 Å². The zero-order valence-electron chi connectivity index (χ0n) is 40.8. The molecule has 0 spiro atoms. The van der Waals surface area contributed by atoms with Crippen molar-refractivity contribution >= 4 is 40.0 Å². The van der Waals surface area contributed by atoms with Crippen molar-refractivity contribution in [3.63, 3.8) is 0 Å². The van der Waals surface area contributed by atoms with Crippen molar-refractivity contribution in [3.05, 3.63) is 29.8 Å². The largest absolute Gasteiger partial charge is 0.444 e. The number of hydrogen-bond donors (Lipinski definition) is 2. The minimum absolute atomic E-state index is 0.000906. The van der Waals surface area contributed by atoms with E-state index in [9.17, 15) is 32.4 Å². The molecule has 0 radical (unpaired) electrons.